The fourth-order valence-electron chi connectivity index (χ4n) is 6.16. The van der Waals surface area contributed by atoms with Crippen LogP contribution in [0.2, 0.25) is 0 Å². The molecule has 0 aliphatic rings. The molecule has 49 heavy (non-hydrogen) atoms. The first-order chi connectivity index (χ1) is 23.8. The third kappa shape index (κ3) is 34.6. The van der Waals surface area contributed by atoms with Crippen LogP contribution in [-0.2, 0) is 28.6 Å². The maximum Gasteiger partial charge on any atom is 0.306 e. The number of ether oxygens (including phenoxy) is 3. The van der Waals surface area contributed by atoms with Gasteiger partial charge in [0, 0.05) is 19.3 Å². The van der Waals surface area contributed by atoms with Gasteiger partial charge in [-0.2, -0.15) is 0 Å². The quantitative estimate of drug-likeness (QED) is 0.0366. The third-order valence-corrected chi connectivity index (χ3v) is 10.2. The van der Waals surface area contributed by atoms with Crippen molar-refractivity contribution < 1.29 is 28.6 Å². The Bertz CT molecular complexity index is 753. The SMILES string of the molecule is CCCCCCCC(=O)O[C@@H](COC(=O)CCCCCCCCCCCCC(C)CC)COC(=O)CCCCCCCCCCC(C)CC. The van der Waals surface area contributed by atoms with Crippen LogP contribution >= 0.6 is 0 Å². The van der Waals surface area contributed by atoms with Crippen molar-refractivity contribution in [3.8, 4) is 0 Å². The third-order valence-electron chi connectivity index (χ3n) is 10.2. The van der Waals surface area contributed by atoms with Gasteiger partial charge < -0.3 is 14.2 Å². The first-order valence-electron chi connectivity index (χ1n) is 21.3. The average Bonchev–Trinajstić information content (AvgIpc) is 3.10. The summed E-state index contributed by atoms with van der Waals surface area (Å²) in [4.78, 5) is 37.3. The standard InChI is InChI=1S/C43H82O6/c1-6-9-10-21-30-35-43(46)49-40(37-48-42(45)34-29-25-20-16-15-18-23-27-32-39(5)8-3)36-47-41(44)33-28-24-19-14-12-11-13-17-22-26-31-38(4)7-2/h38-40H,6-37H2,1-5H3/t38?,39?,40-/m0/s1. The Kier molecular flexibility index (Phi) is 35.0. The molecule has 290 valence electrons. The summed E-state index contributed by atoms with van der Waals surface area (Å²) in [5.41, 5.74) is 0. The number of unbranched alkanes of at least 4 members (excludes halogenated alkanes) is 20. The molecule has 0 saturated carbocycles. The molecule has 0 aliphatic heterocycles. The van der Waals surface area contributed by atoms with Gasteiger partial charge in [0.1, 0.15) is 13.2 Å². The summed E-state index contributed by atoms with van der Waals surface area (Å²) in [6.45, 7) is 11.3. The number of hydrogen-bond donors (Lipinski definition) is 0. The van der Waals surface area contributed by atoms with Gasteiger partial charge in [0.05, 0.1) is 0 Å². The molecule has 0 heterocycles. The number of carbonyl (C=O) groups excluding carboxylic acids is 3. The van der Waals surface area contributed by atoms with Crippen LogP contribution in [0.1, 0.15) is 227 Å². The van der Waals surface area contributed by atoms with Crippen molar-refractivity contribution in [3.63, 3.8) is 0 Å². The molecule has 0 fully saturated rings. The molecular weight excluding hydrogens is 612 g/mol. The Morgan fingerprint density at radius 3 is 1.06 bits per heavy atom. The summed E-state index contributed by atoms with van der Waals surface area (Å²) in [5.74, 6) is 0.841. The van der Waals surface area contributed by atoms with Crippen LogP contribution in [-0.4, -0.2) is 37.2 Å². The van der Waals surface area contributed by atoms with Crippen molar-refractivity contribution >= 4 is 17.9 Å². The van der Waals surface area contributed by atoms with Gasteiger partial charge in [0.15, 0.2) is 6.10 Å². The summed E-state index contributed by atoms with van der Waals surface area (Å²) in [5, 5.41) is 0. The largest absolute Gasteiger partial charge is 0.462 e. The van der Waals surface area contributed by atoms with E-state index in [9.17, 15) is 14.4 Å². The zero-order chi connectivity index (χ0) is 36.2. The second kappa shape index (κ2) is 36.2. The van der Waals surface area contributed by atoms with Crippen molar-refractivity contribution in [2.75, 3.05) is 13.2 Å². The second-order valence-corrected chi connectivity index (χ2v) is 15.1. The first-order valence-corrected chi connectivity index (χ1v) is 21.3. The summed E-state index contributed by atoms with van der Waals surface area (Å²) in [6.07, 6.45) is 32.5. The lowest BCUT2D eigenvalue weighted by molar-refractivity contribution is -0.167. The van der Waals surface area contributed by atoms with Crippen LogP contribution in [0.15, 0.2) is 0 Å². The van der Waals surface area contributed by atoms with Gasteiger partial charge in [-0.15, -0.1) is 0 Å². The minimum atomic E-state index is -0.758. The first kappa shape index (κ1) is 47.4. The van der Waals surface area contributed by atoms with E-state index in [-0.39, 0.29) is 31.1 Å². The van der Waals surface area contributed by atoms with E-state index in [0.29, 0.717) is 19.3 Å². The Hall–Kier alpha value is -1.59. The minimum Gasteiger partial charge on any atom is -0.462 e. The van der Waals surface area contributed by atoms with E-state index in [1.807, 2.05) is 0 Å². The van der Waals surface area contributed by atoms with Crippen LogP contribution in [0.3, 0.4) is 0 Å². The molecule has 0 aliphatic carbocycles. The highest BCUT2D eigenvalue weighted by Crippen LogP contribution is 2.17. The monoisotopic (exact) mass is 695 g/mol. The molecule has 0 N–H and O–H groups in total. The fraction of sp³-hybridized carbons (Fsp3) is 0.930. The molecular formula is C43H82O6. The number of rotatable bonds is 37. The second-order valence-electron chi connectivity index (χ2n) is 15.1. The van der Waals surface area contributed by atoms with Crippen molar-refractivity contribution in [1.29, 1.82) is 0 Å². The molecule has 0 saturated heterocycles. The maximum absolute atomic E-state index is 12.5. The van der Waals surface area contributed by atoms with E-state index in [0.717, 1.165) is 76.0 Å². The van der Waals surface area contributed by atoms with Crippen LogP contribution in [0.5, 0.6) is 0 Å². The molecule has 0 amide bonds. The lowest BCUT2D eigenvalue weighted by atomic mass is 9.99. The summed E-state index contributed by atoms with van der Waals surface area (Å²) < 4.78 is 16.6. The van der Waals surface area contributed by atoms with E-state index < -0.39 is 6.10 Å². The molecule has 0 aromatic carbocycles. The lowest BCUT2D eigenvalue weighted by Crippen LogP contribution is -2.30. The summed E-state index contributed by atoms with van der Waals surface area (Å²) >= 11 is 0. The van der Waals surface area contributed by atoms with Crippen molar-refractivity contribution in [1.82, 2.24) is 0 Å². The molecule has 0 aromatic heterocycles. The van der Waals surface area contributed by atoms with E-state index >= 15 is 0 Å². The Morgan fingerprint density at radius 2 is 0.714 bits per heavy atom. The molecule has 0 radical (unpaired) electrons. The Morgan fingerprint density at radius 1 is 0.408 bits per heavy atom. The molecule has 0 bridgehead atoms. The van der Waals surface area contributed by atoms with E-state index in [2.05, 4.69) is 34.6 Å². The Balaban J connectivity index is 4.20. The van der Waals surface area contributed by atoms with Crippen LogP contribution in [0.4, 0.5) is 0 Å². The normalized spacial score (nSPS) is 13.2. The van der Waals surface area contributed by atoms with Crippen LogP contribution < -0.4 is 0 Å². The molecule has 6 nitrogen and oxygen atoms in total. The highest BCUT2D eigenvalue weighted by Gasteiger charge is 2.19. The van der Waals surface area contributed by atoms with E-state index in [4.69, 9.17) is 14.2 Å². The summed E-state index contributed by atoms with van der Waals surface area (Å²) in [7, 11) is 0. The van der Waals surface area contributed by atoms with Gasteiger partial charge in [0.25, 0.3) is 0 Å². The average molecular weight is 695 g/mol. The highest BCUT2D eigenvalue weighted by molar-refractivity contribution is 5.71. The number of esters is 3. The predicted octanol–water partition coefficient (Wildman–Crippen LogP) is 13.0. The van der Waals surface area contributed by atoms with Crippen molar-refractivity contribution in [3.05, 3.63) is 0 Å². The molecule has 3 atom stereocenters. The fourth-order valence-corrected chi connectivity index (χ4v) is 6.16. The van der Waals surface area contributed by atoms with Gasteiger partial charge in [-0.1, -0.05) is 189 Å². The van der Waals surface area contributed by atoms with Gasteiger partial charge >= 0.3 is 17.9 Å². The lowest BCUT2D eigenvalue weighted by Gasteiger charge is -2.18. The number of carbonyl (C=O) groups is 3. The van der Waals surface area contributed by atoms with Gasteiger partial charge in [-0.05, 0) is 31.1 Å². The zero-order valence-corrected chi connectivity index (χ0v) is 33.3. The molecule has 0 spiro atoms. The van der Waals surface area contributed by atoms with Crippen molar-refractivity contribution in [2.24, 2.45) is 11.8 Å². The Labute approximate surface area is 304 Å². The highest BCUT2D eigenvalue weighted by atomic mass is 16.6. The van der Waals surface area contributed by atoms with Crippen molar-refractivity contribution in [2.45, 2.75) is 233 Å². The van der Waals surface area contributed by atoms with Gasteiger partial charge in [0.2, 0.25) is 0 Å². The zero-order valence-electron chi connectivity index (χ0n) is 33.3. The maximum atomic E-state index is 12.5. The molecule has 0 rings (SSSR count). The number of hydrogen-bond acceptors (Lipinski definition) is 6. The summed E-state index contributed by atoms with van der Waals surface area (Å²) in [6, 6.07) is 0. The van der Waals surface area contributed by atoms with Gasteiger partial charge in [-0.3, -0.25) is 14.4 Å². The molecule has 6 heteroatoms. The van der Waals surface area contributed by atoms with Crippen LogP contribution in [0.25, 0.3) is 0 Å². The predicted molar refractivity (Wildman–Crippen MR) is 206 cm³/mol. The van der Waals surface area contributed by atoms with Gasteiger partial charge in [-0.25, -0.2) is 0 Å². The smallest absolute Gasteiger partial charge is 0.306 e. The minimum absolute atomic E-state index is 0.0671. The molecule has 2 unspecified atom stereocenters. The molecule has 0 aromatic rings. The van der Waals surface area contributed by atoms with E-state index in [1.54, 1.807) is 0 Å². The topological polar surface area (TPSA) is 78.9 Å². The van der Waals surface area contributed by atoms with E-state index in [1.165, 1.54) is 109 Å². The van der Waals surface area contributed by atoms with Crippen LogP contribution in [0, 0.1) is 11.8 Å².